The first kappa shape index (κ1) is 14.2. The van der Waals surface area contributed by atoms with Crippen molar-refractivity contribution in [1.82, 2.24) is 5.32 Å². The first-order valence-electron chi connectivity index (χ1n) is 5.81. The van der Waals surface area contributed by atoms with Gasteiger partial charge in [-0.25, -0.2) is 0 Å². The van der Waals surface area contributed by atoms with E-state index >= 15 is 0 Å². The zero-order valence-corrected chi connectivity index (χ0v) is 11.6. The lowest BCUT2D eigenvalue weighted by Gasteiger charge is -2.12. The molecule has 17 heavy (non-hydrogen) atoms. The van der Waals surface area contributed by atoms with Gasteiger partial charge in [-0.1, -0.05) is 13.0 Å². The number of methoxy groups -OCH3 is 1. The highest BCUT2D eigenvalue weighted by Crippen LogP contribution is 2.28. The molecule has 0 saturated carbocycles. The Balaban J connectivity index is 2.64. The van der Waals surface area contributed by atoms with Gasteiger partial charge in [-0.05, 0) is 30.5 Å². The quantitative estimate of drug-likeness (QED) is 0.723. The van der Waals surface area contributed by atoms with Crippen molar-refractivity contribution in [3.8, 4) is 11.5 Å². The largest absolute Gasteiger partial charge is 0.493 e. The molecular weight excluding hydrogens is 234 g/mol. The van der Waals surface area contributed by atoms with Crippen LogP contribution in [0.2, 0.25) is 0 Å². The molecule has 0 bridgehead atoms. The van der Waals surface area contributed by atoms with Crippen LogP contribution in [0.15, 0.2) is 18.2 Å². The van der Waals surface area contributed by atoms with Crippen molar-refractivity contribution in [2.45, 2.75) is 13.5 Å². The summed E-state index contributed by atoms with van der Waals surface area (Å²) in [6.45, 7) is 4.63. The highest BCUT2D eigenvalue weighted by Gasteiger charge is 2.05. The van der Waals surface area contributed by atoms with Crippen LogP contribution in [0.5, 0.6) is 11.5 Å². The van der Waals surface area contributed by atoms with E-state index in [1.807, 2.05) is 12.1 Å². The first-order valence-corrected chi connectivity index (χ1v) is 7.20. The Morgan fingerprint density at radius 2 is 2.12 bits per heavy atom. The molecule has 96 valence electrons. The summed E-state index contributed by atoms with van der Waals surface area (Å²) < 4.78 is 11.0. The molecule has 1 rings (SSSR count). The molecule has 0 atom stereocenters. The Labute approximate surface area is 108 Å². The van der Waals surface area contributed by atoms with Crippen LogP contribution in [0.25, 0.3) is 0 Å². The van der Waals surface area contributed by atoms with Crippen molar-refractivity contribution in [3.05, 3.63) is 23.8 Å². The Hall–Kier alpha value is -0.870. The molecule has 1 aromatic rings. The fraction of sp³-hybridized carbons (Fsp3) is 0.538. The van der Waals surface area contributed by atoms with Gasteiger partial charge in [-0.3, -0.25) is 0 Å². The minimum absolute atomic E-state index is 0.712. The molecule has 0 spiro atoms. The molecule has 0 aliphatic heterocycles. The van der Waals surface area contributed by atoms with E-state index in [4.69, 9.17) is 9.47 Å². The Kier molecular flexibility index (Phi) is 6.89. The van der Waals surface area contributed by atoms with E-state index in [1.54, 1.807) is 18.9 Å². The minimum Gasteiger partial charge on any atom is -0.493 e. The van der Waals surface area contributed by atoms with Crippen LogP contribution in [-0.4, -0.2) is 32.3 Å². The average Bonchev–Trinajstić information content (AvgIpc) is 2.37. The van der Waals surface area contributed by atoms with Gasteiger partial charge in [-0.15, -0.1) is 0 Å². The normalized spacial score (nSPS) is 10.3. The summed E-state index contributed by atoms with van der Waals surface area (Å²) >= 11 is 1.77. The third kappa shape index (κ3) is 4.88. The summed E-state index contributed by atoms with van der Waals surface area (Å²) in [7, 11) is 1.67. The molecule has 0 aliphatic carbocycles. The molecule has 1 N–H and O–H groups in total. The third-order valence-electron chi connectivity index (χ3n) is 2.35. The van der Waals surface area contributed by atoms with Crippen molar-refractivity contribution in [1.29, 1.82) is 0 Å². The standard InChI is InChI=1S/C13H21NO2S/c1-4-14-10-11-5-6-12(13(9-11)15-2)16-7-8-17-3/h5-6,9,14H,4,7-8,10H2,1-3H3. The summed E-state index contributed by atoms with van der Waals surface area (Å²) in [5.41, 5.74) is 1.21. The van der Waals surface area contributed by atoms with Crippen molar-refractivity contribution in [2.24, 2.45) is 0 Å². The molecular formula is C13H21NO2S. The van der Waals surface area contributed by atoms with Gasteiger partial charge in [0.05, 0.1) is 13.7 Å². The molecule has 1 aromatic carbocycles. The monoisotopic (exact) mass is 255 g/mol. The van der Waals surface area contributed by atoms with Gasteiger partial charge in [-0.2, -0.15) is 11.8 Å². The van der Waals surface area contributed by atoms with Gasteiger partial charge in [0.2, 0.25) is 0 Å². The summed E-state index contributed by atoms with van der Waals surface area (Å²) in [6.07, 6.45) is 2.07. The lowest BCUT2D eigenvalue weighted by atomic mass is 10.2. The van der Waals surface area contributed by atoms with E-state index in [0.29, 0.717) is 6.61 Å². The Morgan fingerprint density at radius 3 is 2.76 bits per heavy atom. The second kappa shape index (κ2) is 8.25. The molecule has 0 heterocycles. The third-order valence-corrected chi connectivity index (χ3v) is 2.93. The fourth-order valence-electron chi connectivity index (χ4n) is 1.45. The number of hydrogen-bond donors (Lipinski definition) is 1. The van der Waals surface area contributed by atoms with Gasteiger partial charge < -0.3 is 14.8 Å². The van der Waals surface area contributed by atoms with E-state index in [-0.39, 0.29) is 0 Å². The molecule has 4 heteroatoms. The molecule has 0 aromatic heterocycles. The van der Waals surface area contributed by atoms with Crippen LogP contribution in [-0.2, 0) is 6.54 Å². The number of thioether (sulfide) groups is 1. The van der Waals surface area contributed by atoms with Crippen LogP contribution >= 0.6 is 11.8 Å². The second-order valence-electron chi connectivity index (χ2n) is 3.61. The molecule has 0 saturated heterocycles. The number of hydrogen-bond acceptors (Lipinski definition) is 4. The van der Waals surface area contributed by atoms with Gasteiger partial charge >= 0.3 is 0 Å². The Bertz CT molecular complexity index is 331. The highest BCUT2D eigenvalue weighted by atomic mass is 32.2. The van der Waals surface area contributed by atoms with Crippen molar-refractivity contribution >= 4 is 11.8 Å². The maximum Gasteiger partial charge on any atom is 0.161 e. The predicted molar refractivity (Wildman–Crippen MR) is 74.3 cm³/mol. The Morgan fingerprint density at radius 1 is 1.29 bits per heavy atom. The molecule has 0 unspecified atom stereocenters. The van der Waals surface area contributed by atoms with E-state index in [2.05, 4.69) is 24.6 Å². The van der Waals surface area contributed by atoms with E-state index in [9.17, 15) is 0 Å². The molecule has 3 nitrogen and oxygen atoms in total. The number of nitrogens with one attached hydrogen (secondary N) is 1. The SMILES string of the molecule is CCNCc1ccc(OCCSC)c(OC)c1. The maximum absolute atomic E-state index is 5.66. The fourth-order valence-corrected chi connectivity index (χ4v) is 1.70. The van der Waals surface area contributed by atoms with Crippen LogP contribution < -0.4 is 14.8 Å². The highest BCUT2D eigenvalue weighted by molar-refractivity contribution is 7.98. The van der Waals surface area contributed by atoms with Crippen molar-refractivity contribution < 1.29 is 9.47 Å². The van der Waals surface area contributed by atoms with Gasteiger partial charge in [0, 0.05) is 12.3 Å². The number of rotatable bonds is 8. The van der Waals surface area contributed by atoms with Crippen LogP contribution in [0.4, 0.5) is 0 Å². The van der Waals surface area contributed by atoms with Crippen molar-refractivity contribution in [2.75, 3.05) is 32.3 Å². The topological polar surface area (TPSA) is 30.5 Å². The lowest BCUT2D eigenvalue weighted by Crippen LogP contribution is -2.11. The van der Waals surface area contributed by atoms with Gasteiger partial charge in [0.1, 0.15) is 0 Å². The zero-order chi connectivity index (χ0) is 12.5. The smallest absolute Gasteiger partial charge is 0.161 e. The predicted octanol–water partition coefficient (Wildman–Crippen LogP) is 2.55. The van der Waals surface area contributed by atoms with Crippen molar-refractivity contribution in [3.63, 3.8) is 0 Å². The molecule has 0 amide bonds. The van der Waals surface area contributed by atoms with Crippen LogP contribution in [0.1, 0.15) is 12.5 Å². The first-order chi connectivity index (χ1) is 8.31. The molecule has 0 fully saturated rings. The average molecular weight is 255 g/mol. The number of ether oxygens (including phenoxy) is 2. The van der Waals surface area contributed by atoms with Crippen LogP contribution in [0, 0.1) is 0 Å². The molecule has 0 radical (unpaired) electrons. The summed E-state index contributed by atoms with van der Waals surface area (Å²) in [4.78, 5) is 0. The zero-order valence-electron chi connectivity index (χ0n) is 10.8. The summed E-state index contributed by atoms with van der Waals surface area (Å²) in [6, 6.07) is 6.07. The van der Waals surface area contributed by atoms with Gasteiger partial charge in [0.15, 0.2) is 11.5 Å². The number of benzene rings is 1. The van der Waals surface area contributed by atoms with Gasteiger partial charge in [0.25, 0.3) is 0 Å². The maximum atomic E-state index is 5.66. The molecule has 0 aliphatic rings. The summed E-state index contributed by atoms with van der Waals surface area (Å²) in [5, 5.41) is 3.29. The lowest BCUT2D eigenvalue weighted by molar-refractivity contribution is 0.313. The van der Waals surface area contributed by atoms with Crippen LogP contribution in [0.3, 0.4) is 0 Å². The minimum atomic E-state index is 0.712. The van der Waals surface area contributed by atoms with E-state index in [0.717, 1.165) is 30.3 Å². The van der Waals surface area contributed by atoms with E-state index < -0.39 is 0 Å². The summed E-state index contributed by atoms with van der Waals surface area (Å²) in [5.74, 6) is 2.62. The van der Waals surface area contributed by atoms with E-state index in [1.165, 1.54) is 5.56 Å². The second-order valence-corrected chi connectivity index (χ2v) is 4.59.